The minimum atomic E-state index is 0.379. The van der Waals surface area contributed by atoms with Crippen molar-refractivity contribution < 1.29 is 4.74 Å². The molecule has 2 aliphatic carbocycles. The quantitative estimate of drug-likeness (QED) is 0.721. The van der Waals surface area contributed by atoms with E-state index in [0.717, 1.165) is 30.9 Å². The first-order chi connectivity index (χ1) is 9.15. The molecule has 2 fully saturated rings. The molecular weight excluding hydrogens is 234 g/mol. The van der Waals surface area contributed by atoms with Crippen molar-refractivity contribution in [3.8, 4) is 0 Å². The van der Waals surface area contributed by atoms with Gasteiger partial charge in [0.2, 0.25) is 0 Å². The molecule has 0 radical (unpaired) electrons. The summed E-state index contributed by atoms with van der Waals surface area (Å²) in [5.74, 6) is 3.65. The van der Waals surface area contributed by atoms with Gasteiger partial charge >= 0.3 is 0 Å². The Labute approximate surface area is 119 Å². The highest BCUT2D eigenvalue weighted by atomic mass is 16.5. The molecule has 2 heteroatoms. The molecule has 0 heterocycles. The lowest BCUT2D eigenvalue weighted by molar-refractivity contribution is -0.00413. The van der Waals surface area contributed by atoms with Crippen LogP contribution in [0.2, 0.25) is 0 Å². The maximum absolute atomic E-state index is 6.05. The molecule has 2 aliphatic rings. The summed E-state index contributed by atoms with van der Waals surface area (Å²) in [6.45, 7) is 10.8. The second-order valence-electron chi connectivity index (χ2n) is 7.00. The van der Waals surface area contributed by atoms with Crippen molar-refractivity contribution in [3.63, 3.8) is 0 Å². The van der Waals surface area contributed by atoms with Crippen LogP contribution in [0, 0.1) is 23.7 Å². The largest absolute Gasteiger partial charge is 0.377 e. The molecule has 0 spiro atoms. The van der Waals surface area contributed by atoms with Crippen LogP contribution in [0.25, 0.3) is 0 Å². The van der Waals surface area contributed by atoms with Crippen LogP contribution in [0.4, 0.5) is 0 Å². The molecule has 0 aromatic rings. The Morgan fingerprint density at radius 1 is 1.16 bits per heavy atom. The van der Waals surface area contributed by atoms with Crippen molar-refractivity contribution in [2.24, 2.45) is 23.7 Å². The van der Waals surface area contributed by atoms with Gasteiger partial charge in [-0.15, -0.1) is 0 Å². The van der Waals surface area contributed by atoms with E-state index < -0.39 is 0 Å². The molecule has 2 bridgehead atoms. The van der Waals surface area contributed by atoms with Crippen LogP contribution in [-0.4, -0.2) is 25.3 Å². The van der Waals surface area contributed by atoms with Gasteiger partial charge in [0.15, 0.2) is 0 Å². The lowest BCUT2D eigenvalue weighted by atomic mass is 9.81. The molecule has 0 aromatic carbocycles. The normalized spacial score (nSPS) is 33.0. The molecule has 2 rings (SSSR count). The van der Waals surface area contributed by atoms with Gasteiger partial charge in [0.05, 0.1) is 6.10 Å². The Morgan fingerprint density at radius 3 is 2.42 bits per heavy atom. The summed E-state index contributed by atoms with van der Waals surface area (Å²) in [5.41, 5.74) is 0. The summed E-state index contributed by atoms with van der Waals surface area (Å²) in [7, 11) is 0. The molecule has 2 saturated carbocycles. The zero-order chi connectivity index (χ0) is 13.8. The molecule has 5 atom stereocenters. The topological polar surface area (TPSA) is 21.3 Å². The second-order valence-corrected chi connectivity index (χ2v) is 7.00. The van der Waals surface area contributed by atoms with Gasteiger partial charge in [-0.1, -0.05) is 27.2 Å². The van der Waals surface area contributed by atoms with E-state index in [4.69, 9.17) is 4.74 Å². The van der Waals surface area contributed by atoms with Crippen LogP contribution in [0.5, 0.6) is 0 Å². The minimum Gasteiger partial charge on any atom is -0.377 e. The highest BCUT2D eigenvalue weighted by molar-refractivity contribution is 4.93. The third-order valence-electron chi connectivity index (χ3n) is 5.32. The van der Waals surface area contributed by atoms with E-state index >= 15 is 0 Å². The average Bonchev–Trinajstić information content (AvgIpc) is 2.97. The predicted octanol–water partition coefficient (Wildman–Crippen LogP) is 3.85. The Kier molecular flexibility index (Phi) is 5.70. The Morgan fingerprint density at radius 2 is 1.95 bits per heavy atom. The van der Waals surface area contributed by atoms with E-state index in [2.05, 4.69) is 33.0 Å². The SMILES string of the molecule is CCNC(CC1CC2CCC1C2)C(OCC)C(C)C. The van der Waals surface area contributed by atoms with Gasteiger partial charge in [0.25, 0.3) is 0 Å². The van der Waals surface area contributed by atoms with Gasteiger partial charge < -0.3 is 10.1 Å². The second kappa shape index (κ2) is 7.08. The van der Waals surface area contributed by atoms with Gasteiger partial charge in [-0.25, -0.2) is 0 Å². The third-order valence-corrected chi connectivity index (χ3v) is 5.32. The number of hydrogen-bond donors (Lipinski definition) is 1. The molecule has 112 valence electrons. The Hall–Kier alpha value is -0.0800. The molecule has 0 amide bonds. The van der Waals surface area contributed by atoms with E-state index in [1.165, 1.54) is 32.1 Å². The van der Waals surface area contributed by atoms with Crippen molar-refractivity contribution in [1.82, 2.24) is 5.32 Å². The summed E-state index contributed by atoms with van der Waals surface area (Å²) < 4.78 is 6.05. The van der Waals surface area contributed by atoms with Crippen LogP contribution in [0.15, 0.2) is 0 Å². The number of fused-ring (bicyclic) bond motifs is 2. The third kappa shape index (κ3) is 3.72. The zero-order valence-electron chi connectivity index (χ0n) is 13.3. The molecule has 1 N–H and O–H groups in total. The summed E-state index contributed by atoms with van der Waals surface area (Å²) in [6, 6.07) is 0.550. The maximum atomic E-state index is 6.05. The first kappa shape index (κ1) is 15.3. The fraction of sp³-hybridized carbons (Fsp3) is 1.00. The highest BCUT2D eigenvalue weighted by Crippen LogP contribution is 2.50. The number of rotatable bonds is 8. The molecule has 5 unspecified atom stereocenters. The summed E-state index contributed by atoms with van der Waals surface area (Å²) in [5, 5.41) is 3.71. The predicted molar refractivity (Wildman–Crippen MR) is 81.3 cm³/mol. The van der Waals surface area contributed by atoms with Crippen molar-refractivity contribution in [1.29, 1.82) is 0 Å². The highest BCUT2D eigenvalue weighted by Gasteiger charge is 2.41. The lowest BCUT2D eigenvalue weighted by Gasteiger charge is -2.34. The Balaban J connectivity index is 1.94. The average molecular weight is 267 g/mol. The molecule has 2 nitrogen and oxygen atoms in total. The van der Waals surface area contributed by atoms with Gasteiger partial charge in [0, 0.05) is 12.6 Å². The van der Waals surface area contributed by atoms with Crippen LogP contribution in [-0.2, 0) is 4.74 Å². The van der Waals surface area contributed by atoms with Gasteiger partial charge in [-0.2, -0.15) is 0 Å². The number of hydrogen-bond acceptors (Lipinski definition) is 2. The smallest absolute Gasteiger partial charge is 0.0750 e. The summed E-state index contributed by atoms with van der Waals surface area (Å²) >= 11 is 0. The molecule has 0 saturated heterocycles. The standard InChI is InChI=1S/C17H33NO/c1-5-18-16(17(12(3)4)19-6-2)11-15-10-13-7-8-14(15)9-13/h12-18H,5-11H2,1-4H3. The van der Waals surface area contributed by atoms with E-state index in [9.17, 15) is 0 Å². The zero-order valence-corrected chi connectivity index (χ0v) is 13.3. The van der Waals surface area contributed by atoms with Crippen LogP contribution in [0.3, 0.4) is 0 Å². The number of nitrogens with one attached hydrogen (secondary N) is 1. The number of ether oxygens (including phenoxy) is 1. The van der Waals surface area contributed by atoms with Crippen LogP contribution >= 0.6 is 0 Å². The van der Waals surface area contributed by atoms with E-state index in [1.54, 1.807) is 0 Å². The van der Waals surface area contributed by atoms with Crippen molar-refractivity contribution >= 4 is 0 Å². The van der Waals surface area contributed by atoms with E-state index in [0.29, 0.717) is 18.1 Å². The fourth-order valence-corrected chi connectivity index (χ4v) is 4.55. The lowest BCUT2D eigenvalue weighted by Crippen LogP contribution is -2.45. The van der Waals surface area contributed by atoms with E-state index in [-0.39, 0.29) is 0 Å². The van der Waals surface area contributed by atoms with Crippen LogP contribution < -0.4 is 5.32 Å². The Bertz CT molecular complexity index is 266. The molecule has 0 aliphatic heterocycles. The van der Waals surface area contributed by atoms with Gasteiger partial charge in [-0.3, -0.25) is 0 Å². The molecule has 0 aromatic heterocycles. The van der Waals surface area contributed by atoms with Crippen molar-refractivity contribution in [3.05, 3.63) is 0 Å². The van der Waals surface area contributed by atoms with Gasteiger partial charge in [-0.05, 0) is 62.8 Å². The van der Waals surface area contributed by atoms with Crippen LogP contribution in [0.1, 0.15) is 59.8 Å². The molecular formula is C17H33NO. The summed E-state index contributed by atoms with van der Waals surface area (Å²) in [6.07, 6.45) is 7.72. The monoisotopic (exact) mass is 267 g/mol. The minimum absolute atomic E-state index is 0.379. The maximum Gasteiger partial charge on any atom is 0.0750 e. The molecule has 19 heavy (non-hydrogen) atoms. The number of likely N-dealkylation sites (N-methyl/N-ethyl adjacent to an activating group) is 1. The first-order valence-corrected chi connectivity index (χ1v) is 8.50. The summed E-state index contributed by atoms with van der Waals surface area (Å²) in [4.78, 5) is 0. The van der Waals surface area contributed by atoms with Crippen molar-refractivity contribution in [2.75, 3.05) is 13.2 Å². The van der Waals surface area contributed by atoms with E-state index in [1.807, 2.05) is 0 Å². The fourth-order valence-electron chi connectivity index (χ4n) is 4.55. The van der Waals surface area contributed by atoms with Crippen molar-refractivity contribution in [2.45, 2.75) is 71.9 Å². The first-order valence-electron chi connectivity index (χ1n) is 8.50. The van der Waals surface area contributed by atoms with Gasteiger partial charge in [0.1, 0.15) is 0 Å².